The minimum Gasteiger partial charge on any atom is -0.296 e. The van der Waals surface area contributed by atoms with Crippen LogP contribution in [0.3, 0.4) is 0 Å². The first-order chi connectivity index (χ1) is 7.50. The van der Waals surface area contributed by atoms with Gasteiger partial charge in [0.1, 0.15) is 5.71 Å². The molecule has 0 saturated heterocycles. The summed E-state index contributed by atoms with van der Waals surface area (Å²) < 4.78 is 35.7. The molecule has 0 aromatic heterocycles. The average molecular weight is 225 g/mol. The minimum absolute atomic E-state index is 0.722. The summed E-state index contributed by atoms with van der Waals surface area (Å²) in [4.78, 5) is 0. The summed E-state index contributed by atoms with van der Waals surface area (Å²) in [6.45, 7) is 0. The summed E-state index contributed by atoms with van der Waals surface area (Å²) in [7, 11) is 0. The molecule has 0 aliphatic heterocycles. The zero-order valence-electron chi connectivity index (χ0n) is 8.33. The fourth-order valence-corrected chi connectivity index (χ4v) is 0.977. The third-order valence-corrected chi connectivity index (χ3v) is 1.77. The zero-order valence-corrected chi connectivity index (χ0v) is 8.33. The Kier molecular flexibility index (Phi) is 4.05. The lowest BCUT2D eigenvalue weighted by Gasteiger charge is -2.01. The Bertz CT molecular complexity index is 402. The average Bonchev–Trinajstić information content (AvgIpc) is 2.24. The molecule has 1 N–H and O–H groups in total. The first-order valence-electron chi connectivity index (χ1n) is 4.55. The summed E-state index contributed by atoms with van der Waals surface area (Å²) >= 11 is 0. The molecule has 0 spiro atoms. The van der Waals surface area contributed by atoms with Crippen LogP contribution in [-0.2, 0) is 0 Å². The number of nitrogens with one attached hydrogen (secondary N) is 1. The molecule has 0 aliphatic rings. The van der Waals surface area contributed by atoms with Crippen molar-refractivity contribution in [3.63, 3.8) is 0 Å². The molecule has 4 heteroatoms. The van der Waals surface area contributed by atoms with Crippen molar-refractivity contribution in [1.29, 1.82) is 5.41 Å². The quantitative estimate of drug-likeness (QED) is 0.597. The Labute approximate surface area is 91.4 Å². The van der Waals surface area contributed by atoms with Gasteiger partial charge in [-0.3, -0.25) is 5.41 Å². The second-order valence-corrected chi connectivity index (χ2v) is 3.04. The van der Waals surface area contributed by atoms with Gasteiger partial charge in [-0.05, 0) is 11.6 Å². The van der Waals surface area contributed by atoms with Gasteiger partial charge in [0, 0.05) is 0 Å². The molecule has 0 unspecified atom stereocenters. The van der Waals surface area contributed by atoms with Crippen molar-refractivity contribution < 1.29 is 13.2 Å². The first kappa shape index (κ1) is 12.2. The maximum atomic E-state index is 11.9. The number of allylic oxidation sites excluding steroid dienone is 3. The van der Waals surface area contributed by atoms with E-state index in [0.29, 0.717) is 0 Å². The van der Waals surface area contributed by atoms with Gasteiger partial charge in [-0.1, -0.05) is 48.6 Å². The first-order valence-corrected chi connectivity index (χ1v) is 4.55. The molecule has 1 aromatic carbocycles. The molecule has 1 nitrogen and oxygen atoms in total. The van der Waals surface area contributed by atoms with Gasteiger partial charge < -0.3 is 0 Å². The van der Waals surface area contributed by atoms with Crippen molar-refractivity contribution in [3.05, 3.63) is 54.1 Å². The van der Waals surface area contributed by atoms with Crippen molar-refractivity contribution in [2.45, 2.75) is 6.18 Å². The largest absolute Gasteiger partial charge is 0.432 e. The van der Waals surface area contributed by atoms with Crippen LogP contribution in [-0.4, -0.2) is 11.9 Å². The summed E-state index contributed by atoms with van der Waals surface area (Å²) in [5, 5.41) is 6.68. The molecule has 0 fully saturated rings. The van der Waals surface area contributed by atoms with Crippen LogP contribution >= 0.6 is 0 Å². The summed E-state index contributed by atoms with van der Waals surface area (Å²) in [6, 6.07) is 9.19. The summed E-state index contributed by atoms with van der Waals surface area (Å²) in [5.74, 6) is 0. The monoisotopic (exact) mass is 225 g/mol. The number of alkyl halides is 3. The van der Waals surface area contributed by atoms with Crippen molar-refractivity contribution in [1.82, 2.24) is 0 Å². The van der Waals surface area contributed by atoms with E-state index in [-0.39, 0.29) is 0 Å². The lowest BCUT2D eigenvalue weighted by molar-refractivity contribution is -0.0584. The van der Waals surface area contributed by atoms with Crippen molar-refractivity contribution in [2.75, 3.05) is 0 Å². The normalized spacial score (nSPS) is 12.4. The molecular formula is C12H10F3N. The molecule has 84 valence electrons. The molecule has 0 amide bonds. The topological polar surface area (TPSA) is 23.9 Å². The Morgan fingerprint density at radius 1 is 1.06 bits per heavy atom. The number of hydrogen-bond acceptors (Lipinski definition) is 1. The molecule has 0 heterocycles. The number of benzene rings is 1. The lowest BCUT2D eigenvalue weighted by atomic mass is 10.2. The Morgan fingerprint density at radius 2 is 1.69 bits per heavy atom. The molecule has 0 radical (unpaired) electrons. The second-order valence-electron chi connectivity index (χ2n) is 3.04. The highest BCUT2D eigenvalue weighted by atomic mass is 19.4. The standard InChI is InChI=1S/C12H10F3N/c13-12(14,15)11(16)9-5-4-8-10-6-2-1-3-7-10/h1-9,16H/b8-4+,9-5+,16-11?. The van der Waals surface area contributed by atoms with Crippen molar-refractivity contribution in [3.8, 4) is 0 Å². The highest BCUT2D eigenvalue weighted by Crippen LogP contribution is 2.16. The van der Waals surface area contributed by atoms with Gasteiger partial charge in [-0.2, -0.15) is 13.2 Å². The number of hydrogen-bond donors (Lipinski definition) is 1. The summed E-state index contributed by atoms with van der Waals surface area (Å²) in [6.07, 6.45) is 0.481. The van der Waals surface area contributed by atoms with E-state index in [2.05, 4.69) is 0 Å². The zero-order chi connectivity index (χ0) is 12.0. The lowest BCUT2D eigenvalue weighted by Crippen LogP contribution is -2.18. The number of rotatable bonds is 3. The summed E-state index contributed by atoms with van der Waals surface area (Å²) in [5.41, 5.74) is -0.462. The SMILES string of the molecule is N=C(/C=C/C=C/c1ccccc1)C(F)(F)F. The van der Waals surface area contributed by atoms with Crippen molar-refractivity contribution in [2.24, 2.45) is 0 Å². The Morgan fingerprint density at radius 3 is 2.25 bits per heavy atom. The molecule has 0 bridgehead atoms. The van der Waals surface area contributed by atoms with Crippen LogP contribution < -0.4 is 0 Å². The number of halogens is 3. The molecule has 0 atom stereocenters. The molecular weight excluding hydrogens is 215 g/mol. The second kappa shape index (κ2) is 5.30. The van der Waals surface area contributed by atoms with E-state index in [4.69, 9.17) is 5.41 Å². The van der Waals surface area contributed by atoms with Gasteiger partial charge in [0.2, 0.25) is 0 Å². The van der Waals surface area contributed by atoms with Crippen molar-refractivity contribution >= 4 is 11.8 Å². The van der Waals surface area contributed by atoms with E-state index in [1.165, 1.54) is 12.2 Å². The smallest absolute Gasteiger partial charge is 0.296 e. The van der Waals surface area contributed by atoms with Gasteiger partial charge in [0.15, 0.2) is 0 Å². The molecule has 16 heavy (non-hydrogen) atoms. The van der Waals surface area contributed by atoms with Crippen LogP contribution in [0.25, 0.3) is 6.08 Å². The van der Waals surface area contributed by atoms with Gasteiger partial charge in [-0.15, -0.1) is 0 Å². The Balaban J connectivity index is 2.56. The van der Waals surface area contributed by atoms with E-state index in [0.717, 1.165) is 11.6 Å². The van der Waals surface area contributed by atoms with E-state index in [1.807, 2.05) is 30.3 Å². The van der Waals surface area contributed by atoms with Gasteiger partial charge in [0.05, 0.1) is 0 Å². The molecule has 0 aliphatic carbocycles. The maximum absolute atomic E-state index is 11.9. The third-order valence-electron chi connectivity index (χ3n) is 1.77. The van der Waals surface area contributed by atoms with Crippen LogP contribution in [0, 0.1) is 5.41 Å². The van der Waals surface area contributed by atoms with E-state index < -0.39 is 11.9 Å². The maximum Gasteiger partial charge on any atom is 0.432 e. The van der Waals surface area contributed by atoms with Crippen LogP contribution in [0.2, 0.25) is 0 Å². The molecule has 1 aromatic rings. The van der Waals surface area contributed by atoms with Gasteiger partial charge >= 0.3 is 6.18 Å². The highest BCUT2D eigenvalue weighted by Gasteiger charge is 2.31. The predicted octanol–water partition coefficient (Wildman–Crippen LogP) is 3.84. The van der Waals surface area contributed by atoms with Crippen LogP contribution in [0.1, 0.15) is 5.56 Å². The van der Waals surface area contributed by atoms with Crippen LogP contribution in [0.5, 0.6) is 0 Å². The van der Waals surface area contributed by atoms with E-state index >= 15 is 0 Å². The van der Waals surface area contributed by atoms with Crippen LogP contribution in [0.4, 0.5) is 13.2 Å². The third kappa shape index (κ3) is 4.13. The van der Waals surface area contributed by atoms with E-state index in [1.54, 1.807) is 6.08 Å². The predicted molar refractivity (Wildman–Crippen MR) is 58.4 cm³/mol. The highest BCUT2D eigenvalue weighted by molar-refractivity contribution is 5.97. The molecule has 1 rings (SSSR count). The molecule has 0 saturated carbocycles. The fourth-order valence-electron chi connectivity index (χ4n) is 0.977. The van der Waals surface area contributed by atoms with Crippen LogP contribution in [0.15, 0.2) is 48.6 Å². The fraction of sp³-hybridized carbons (Fsp3) is 0.0833. The van der Waals surface area contributed by atoms with E-state index in [9.17, 15) is 13.2 Å². The van der Waals surface area contributed by atoms with Gasteiger partial charge in [0.25, 0.3) is 0 Å². The minimum atomic E-state index is -4.57. The Hall–Kier alpha value is -1.84. The van der Waals surface area contributed by atoms with Gasteiger partial charge in [-0.25, -0.2) is 0 Å².